The van der Waals surface area contributed by atoms with Crippen molar-refractivity contribution in [3.63, 3.8) is 0 Å². The molecular weight excluding hydrogens is 370 g/mol. The van der Waals surface area contributed by atoms with E-state index in [1.165, 1.54) is 0 Å². The van der Waals surface area contributed by atoms with E-state index in [-0.39, 0.29) is 41.8 Å². The number of anilines is 2. The summed E-state index contributed by atoms with van der Waals surface area (Å²) in [4.78, 5) is 26.9. The predicted molar refractivity (Wildman–Crippen MR) is 100 cm³/mol. The van der Waals surface area contributed by atoms with Gasteiger partial charge in [0, 0.05) is 26.7 Å². The Morgan fingerprint density at radius 3 is 2.93 bits per heavy atom. The molecule has 28 heavy (non-hydrogen) atoms. The Morgan fingerprint density at radius 2 is 2.25 bits per heavy atom. The van der Waals surface area contributed by atoms with Crippen molar-refractivity contribution in [1.29, 1.82) is 0 Å². The average Bonchev–Trinajstić information content (AvgIpc) is 3.16. The Bertz CT molecular complexity index is 869. The molecule has 1 aromatic carbocycles. The van der Waals surface area contributed by atoms with E-state index in [0.29, 0.717) is 31.1 Å². The predicted octanol–water partition coefficient (Wildman–Crippen LogP) is 1.34. The molecule has 152 valence electrons. The Labute approximate surface area is 160 Å². The number of fused-ring (bicyclic) bond motifs is 1. The summed E-state index contributed by atoms with van der Waals surface area (Å²) in [5, 5.41) is 28.5. The number of nitro groups is 1. The van der Waals surface area contributed by atoms with Crippen molar-refractivity contribution in [3.8, 4) is 0 Å². The molecule has 11 heteroatoms. The van der Waals surface area contributed by atoms with Crippen molar-refractivity contribution in [2.75, 3.05) is 49.7 Å². The largest absolute Gasteiger partial charge is 0.466 e. The van der Waals surface area contributed by atoms with Gasteiger partial charge in [0.1, 0.15) is 5.69 Å². The monoisotopic (exact) mass is 393 g/mol. The highest BCUT2D eigenvalue weighted by molar-refractivity contribution is 6.00. The van der Waals surface area contributed by atoms with E-state index in [0.717, 1.165) is 12.8 Å². The van der Waals surface area contributed by atoms with Gasteiger partial charge in [0.05, 0.1) is 29.7 Å². The van der Waals surface area contributed by atoms with Crippen LogP contribution in [0.1, 0.15) is 19.8 Å². The molecule has 2 aromatic rings. The first kappa shape index (κ1) is 19.8. The number of hydrogen-bond acceptors (Lipinski definition) is 10. The number of benzene rings is 1. The molecule has 0 bridgehead atoms. The van der Waals surface area contributed by atoms with Crippen molar-refractivity contribution >= 4 is 34.1 Å². The third kappa shape index (κ3) is 3.70. The van der Waals surface area contributed by atoms with Crippen molar-refractivity contribution in [2.45, 2.75) is 19.8 Å². The van der Waals surface area contributed by atoms with Gasteiger partial charge in [-0.25, -0.2) is 4.63 Å². The van der Waals surface area contributed by atoms with Crippen LogP contribution in [0.3, 0.4) is 0 Å². The topological polar surface area (TPSA) is 135 Å². The quantitative estimate of drug-likeness (QED) is 0.417. The van der Waals surface area contributed by atoms with Gasteiger partial charge in [0.25, 0.3) is 0 Å². The fourth-order valence-corrected chi connectivity index (χ4v) is 3.53. The number of rotatable bonds is 7. The molecule has 0 spiro atoms. The zero-order valence-corrected chi connectivity index (χ0v) is 15.8. The van der Waals surface area contributed by atoms with Gasteiger partial charge in [-0.3, -0.25) is 14.9 Å². The minimum atomic E-state index is -0.531. The Hall–Kier alpha value is -2.95. The number of nitrogens with zero attached hydrogens (tertiary/aromatic N) is 5. The molecule has 1 aromatic heterocycles. The molecule has 1 atom stereocenters. The molecule has 1 unspecified atom stereocenters. The second-order valence-electron chi connectivity index (χ2n) is 6.66. The highest BCUT2D eigenvalue weighted by atomic mass is 16.6. The van der Waals surface area contributed by atoms with E-state index in [2.05, 4.69) is 10.3 Å². The molecule has 0 aliphatic carbocycles. The number of piperidine rings is 1. The van der Waals surface area contributed by atoms with E-state index in [1.54, 1.807) is 24.9 Å². The molecule has 1 aliphatic heterocycles. The molecule has 0 amide bonds. The summed E-state index contributed by atoms with van der Waals surface area (Å²) in [6, 6.07) is 1.65. The van der Waals surface area contributed by atoms with E-state index in [4.69, 9.17) is 9.37 Å². The van der Waals surface area contributed by atoms with Crippen molar-refractivity contribution in [3.05, 3.63) is 16.2 Å². The lowest BCUT2D eigenvalue weighted by Gasteiger charge is -2.33. The smallest absolute Gasteiger partial charge is 0.323 e. The van der Waals surface area contributed by atoms with Gasteiger partial charge in [-0.15, -0.1) is 0 Å². The fourth-order valence-electron chi connectivity index (χ4n) is 3.53. The third-order valence-electron chi connectivity index (χ3n) is 4.88. The standard InChI is InChI=1S/C17H23N5O6/c1-3-27-17(24)11-5-4-6-21(10-11)12-9-13(20(2)7-8-23)16(22(25)26)15-14(12)18-28-19-15/h9,11,23H,3-8,10H2,1-2H3. The number of hydrogen-bond donors (Lipinski definition) is 1. The van der Waals surface area contributed by atoms with Gasteiger partial charge >= 0.3 is 11.7 Å². The highest BCUT2D eigenvalue weighted by Crippen LogP contribution is 2.41. The molecule has 2 heterocycles. The first-order valence-electron chi connectivity index (χ1n) is 9.15. The van der Waals surface area contributed by atoms with Crippen molar-refractivity contribution in [1.82, 2.24) is 10.3 Å². The van der Waals surface area contributed by atoms with Crippen LogP contribution in [0, 0.1) is 16.0 Å². The summed E-state index contributed by atoms with van der Waals surface area (Å²) in [5.41, 5.74) is 0.999. The zero-order chi connectivity index (χ0) is 20.3. The van der Waals surface area contributed by atoms with Gasteiger partial charge in [0.2, 0.25) is 5.52 Å². The van der Waals surface area contributed by atoms with E-state index >= 15 is 0 Å². The SMILES string of the molecule is CCOC(=O)C1CCCN(c2cc(N(C)CCO)c([N+](=O)[O-])c3nonc23)C1. The van der Waals surface area contributed by atoms with Crippen LogP contribution in [-0.2, 0) is 9.53 Å². The van der Waals surface area contributed by atoms with Gasteiger partial charge in [-0.05, 0) is 36.1 Å². The number of ether oxygens (including phenoxy) is 1. The van der Waals surface area contributed by atoms with Gasteiger partial charge in [0.15, 0.2) is 5.52 Å². The zero-order valence-electron chi connectivity index (χ0n) is 15.8. The first-order valence-corrected chi connectivity index (χ1v) is 9.15. The molecule has 0 radical (unpaired) electrons. The number of aliphatic hydroxyl groups is 1. The van der Waals surface area contributed by atoms with E-state index < -0.39 is 4.92 Å². The number of nitro benzene ring substituents is 1. The van der Waals surface area contributed by atoms with Crippen LogP contribution in [0.5, 0.6) is 0 Å². The third-order valence-corrected chi connectivity index (χ3v) is 4.88. The van der Waals surface area contributed by atoms with Crippen LogP contribution in [0.2, 0.25) is 0 Å². The normalized spacial score (nSPS) is 17.0. The molecule has 3 rings (SSSR count). The summed E-state index contributed by atoms with van der Waals surface area (Å²) in [6.07, 6.45) is 1.49. The van der Waals surface area contributed by atoms with E-state index in [1.807, 2.05) is 4.90 Å². The van der Waals surface area contributed by atoms with Crippen LogP contribution in [0.25, 0.3) is 11.0 Å². The second-order valence-corrected chi connectivity index (χ2v) is 6.66. The molecule has 1 aliphatic rings. The fraction of sp³-hybridized carbons (Fsp3) is 0.588. The Balaban J connectivity index is 2.05. The number of likely N-dealkylation sites (N-methyl/N-ethyl adjacent to an activating group) is 1. The van der Waals surface area contributed by atoms with Gasteiger partial charge in [-0.1, -0.05) is 0 Å². The summed E-state index contributed by atoms with van der Waals surface area (Å²) in [6.45, 7) is 3.22. The second kappa shape index (κ2) is 8.38. The molecule has 1 fully saturated rings. The first-order chi connectivity index (χ1) is 13.5. The van der Waals surface area contributed by atoms with Crippen LogP contribution in [0.4, 0.5) is 17.1 Å². The maximum absolute atomic E-state index is 12.2. The number of aromatic nitrogens is 2. The molecule has 1 N–H and O–H groups in total. The lowest BCUT2D eigenvalue weighted by molar-refractivity contribution is -0.382. The van der Waals surface area contributed by atoms with Crippen LogP contribution >= 0.6 is 0 Å². The number of aliphatic hydroxyl groups excluding tert-OH is 1. The van der Waals surface area contributed by atoms with Crippen molar-refractivity contribution in [2.24, 2.45) is 5.92 Å². The summed E-state index contributed by atoms with van der Waals surface area (Å²) >= 11 is 0. The lowest BCUT2D eigenvalue weighted by atomic mass is 9.97. The molecule has 11 nitrogen and oxygen atoms in total. The molecule has 0 saturated carbocycles. The summed E-state index contributed by atoms with van der Waals surface area (Å²) < 4.78 is 9.95. The average molecular weight is 393 g/mol. The lowest BCUT2D eigenvalue weighted by Crippen LogP contribution is -2.39. The number of carbonyl (C=O) groups is 1. The Kier molecular flexibility index (Phi) is 5.93. The Morgan fingerprint density at radius 1 is 1.50 bits per heavy atom. The minimum Gasteiger partial charge on any atom is -0.466 e. The maximum Gasteiger partial charge on any atom is 0.323 e. The number of carbonyl (C=O) groups excluding carboxylic acids is 1. The molecular formula is C17H23N5O6. The molecule has 1 saturated heterocycles. The highest BCUT2D eigenvalue weighted by Gasteiger charge is 2.33. The minimum absolute atomic E-state index is 0.0422. The van der Waals surface area contributed by atoms with Gasteiger partial charge < -0.3 is 19.6 Å². The van der Waals surface area contributed by atoms with Crippen LogP contribution in [-0.4, -0.2) is 66.2 Å². The van der Waals surface area contributed by atoms with Gasteiger partial charge in [-0.2, -0.15) is 0 Å². The summed E-state index contributed by atoms with van der Waals surface area (Å²) in [7, 11) is 1.65. The number of esters is 1. The van der Waals surface area contributed by atoms with Crippen molar-refractivity contribution < 1.29 is 24.2 Å². The summed E-state index contributed by atoms with van der Waals surface area (Å²) in [5.74, 6) is -0.529. The van der Waals surface area contributed by atoms with E-state index in [9.17, 15) is 20.0 Å². The van der Waals surface area contributed by atoms with Crippen LogP contribution < -0.4 is 9.80 Å². The maximum atomic E-state index is 12.2. The van der Waals surface area contributed by atoms with Crippen LogP contribution in [0.15, 0.2) is 10.7 Å².